The lowest BCUT2D eigenvalue weighted by Gasteiger charge is -2.13. The van der Waals surface area contributed by atoms with Gasteiger partial charge in [0.25, 0.3) is 0 Å². The molecule has 1 aromatic rings. The van der Waals surface area contributed by atoms with Gasteiger partial charge in [-0.05, 0) is 36.8 Å². The van der Waals surface area contributed by atoms with Gasteiger partial charge in [0.15, 0.2) is 0 Å². The third-order valence-corrected chi connectivity index (χ3v) is 3.83. The number of rotatable bonds is 5. The zero-order chi connectivity index (χ0) is 12.1. The summed E-state index contributed by atoms with van der Waals surface area (Å²) in [7, 11) is 0. The molecule has 1 unspecified atom stereocenters. The van der Waals surface area contributed by atoms with Crippen LogP contribution in [0.4, 0.5) is 4.39 Å². The Kier molecular flexibility index (Phi) is 5.57. The summed E-state index contributed by atoms with van der Waals surface area (Å²) in [6.45, 7) is 4.21. The predicted octanol–water partition coefficient (Wildman–Crippen LogP) is 5.07. The van der Waals surface area contributed by atoms with Crippen LogP contribution in [0.1, 0.15) is 32.3 Å². The molecule has 0 bridgehead atoms. The van der Waals surface area contributed by atoms with Gasteiger partial charge in [-0.3, -0.25) is 0 Å². The van der Waals surface area contributed by atoms with E-state index >= 15 is 0 Å². The molecular formula is C13H17Cl2F. The van der Waals surface area contributed by atoms with Crippen LogP contribution in [0.3, 0.4) is 0 Å². The third kappa shape index (κ3) is 3.95. The maximum absolute atomic E-state index is 13.1. The first-order valence-electron chi connectivity index (χ1n) is 5.59. The minimum Gasteiger partial charge on any atom is -0.205 e. The molecule has 0 nitrogen and oxygen atoms in total. The van der Waals surface area contributed by atoms with E-state index in [-0.39, 0.29) is 16.2 Å². The average molecular weight is 263 g/mol. The van der Waals surface area contributed by atoms with Crippen LogP contribution in [-0.4, -0.2) is 5.38 Å². The number of benzene rings is 1. The van der Waals surface area contributed by atoms with Gasteiger partial charge in [-0.2, -0.15) is 0 Å². The standard InChI is InChI=1S/C13H17Cl2F/c1-9(2)11(14)7-3-5-10-6-4-8-12(16)13(10)15/h4,6,8-9,11H,3,5,7H2,1-2H3. The second-order valence-corrected chi connectivity index (χ2v) is 5.30. The minimum atomic E-state index is -0.342. The van der Waals surface area contributed by atoms with Crippen LogP contribution in [0.25, 0.3) is 0 Å². The number of halogens is 3. The maximum atomic E-state index is 13.1. The van der Waals surface area contributed by atoms with E-state index in [1.807, 2.05) is 6.07 Å². The molecule has 0 aliphatic carbocycles. The molecule has 0 saturated carbocycles. The molecule has 16 heavy (non-hydrogen) atoms. The molecule has 0 aliphatic rings. The van der Waals surface area contributed by atoms with Crippen molar-refractivity contribution in [3.63, 3.8) is 0 Å². The van der Waals surface area contributed by atoms with Crippen LogP contribution in [0.5, 0.6) is 0 Å². The lowest BCUT2D eigenvalue weighted by atomic mass is 10.0. The van der Waals surface area contributed by atoms with E-state index in [1.165, 1.54) is 6.07 Å². The Morgan fingerprint density at radius 3 is 2.62 bits per heavy atom. The van der Waals surface area contributed by atoms with Gasteiger partial charge in [0.05, 0.1) is 5.02 Å². The summed E-state index contributed by atoms with van der Waals surface area (Å²) < 4.78 is 13.1. The Labute approximate surface area is 107 Å². The fraction of sp³-hybridized carbons (Fsp3) is 0.538. The second-order valence-electron chi connectivity index (χ2n) is 4.37. The van der Waals surface area contributed by atoms with Crippen LogP contribution in [-0.2, 0) is 6.42 Å². The Balaban J connectivity index is 2.46. The highest BCUT2D eigenvalue weighted by Crippen LogP contribution is 2.23. The molecule has 0 radical (unpaired) electrons. The number of aryl methyl sites for hydroxylation is 1. The molecule has 90 valence electrons. The molecular weight excluding hydrogens is 246 g/mol. The molecule has 1 atom stereocenters. The van der Waals surface area contributed by atoms with Gasteiger partial charge in [-0.25, -0.2) is 4.39 Å². The van der Waals surface area contributed by atoms with Gasteiger partial charge >= 0.3 is 0 Å². The maximum Gasteiger partial charge on any atom is 0.142 e. The molecule has 0 N–H and O–H groups in total. The summed E-state index contributed by atoms with van der Waals surface area (Å²) in [5.74, 6) is 0.134. The zero-order valence-electron chi connectivity index (χ0n) is 9.64. The van der Waals surface area contributed by atoms with Crippen molar-refractivity contribution in [2.75, 3.05) is 0 Å². The van der Waals surface area contributed by atoms with E-state index in [0.29, 0.717) is 5.92 Å². The van der Waals surface area contributed by atoms with Gasteiger partial charge in [0.1, 0.15) is 5.82 Å². The van der Waals surface area contributed by atoms with Crippen LogP contribution in [0.15, 0.2) is 18.2 Å². The van der Waals surface area contributed by atoms with Crippen molar-refractivity contribution in [2.24, 2.45) is 5.92 Å². The summed E-state index contributed by atoms with van der Waals surface area (Å²) in [5, 5.41) is 0.436. The van der Waals surface area contributed by atoms with Crippen molar-refractivity contribution in [2.45, 2.75) is 38.5 Å². The first-order valence-corrected chi connectivity index (χ1v) is 6.40. The summed E-state index contributed by atoms with van der Waals surface area (Å²) >= 11 is 12.0. The molecule has 0 aromatic heterocycles. The molecule has 0 aliphatic heterocycles. The van der Waals surface area contributed by atoms with Gasteiger partial charge in [0.2, 0.25) is 0 Å². The van der Waals surface area contributed by atoms with Crippen LogP contribution < -0.4 is 0 Å². The van der Waals surface area contributed by atoms with Crippen molar-refractivity contribution < 1.29 is 4.39 Å². The summed E-state index contributed by atoms with van der Waals surface area (Å²) in [6.07, 6.45) is 2.66. The molecule has 0 heterocycles. The largest absolute Gasteiger partial charge is 0.205 e. The van der Waals surface area contributed by atoms with Crippen LogP contribution >= 0.6 is 23.2 Å². The van der Waals surface area contributed by atoms with E-state index in [1.54, 1.807) is 6.07 Å². The van der Waals surface area contributed by atoms with E-state index in [0.717, 1.165) is 24.8 Å². The monoisotopic (exact) mass is 262 g/mol. The fourth-order valence-electron chi connectivity index (χ4n) is 1.56. The van der Waals surface area contributed by atoms with Gasteiger partial charge < -0.3 is 0 Å². The van der Waals surface area contributed by atoms with Crippen molar-refractivity contribution in [3.05, 3.63) is 34.6 Å². The van der Waals surface area contributed by atoms with E-state index in [2.05, 4.69) is 13.8 Å². The van der Waals surface area contributed by atoms with Crippen LogP contribution in [0, 0.1) is 11.7 Å². The molecule has 3 heteroatoms. The minimum absolute atomic E-state index is 0.187. The fourth-order valence-corrected chi connectivity index (χ4v) is 1.94. The quantitative estimate of drug-likeness (QED) is 0.651. The predicted molar refractivity (Wildman–Crippen MR) is 68.8 cm³/mol. The Morgan fingerprint density at radius 2 is 2.00 bits per heavy atom. The van der Waals surface area contributed by atoms with Crippen molar-refractivity contribution >= 4 is 23.2 Å². The molecule has 1 aromatic carbocycles. The molecule has 0 amide bonds. The second kappa shape index (κ2) is 6.46. The van der Waals surface area contributed by atoms with Crippen molar-refractivity contribution in [1.29, 1.82) is 0 Å². The van der Waals surface area contributed by atoms with E-state index in [4.69, 9.17) is 23.2 Å². The lowest BCUT2D eigenvalue weighted by molar-refractivity contribution is 0.546. The smallest absolute Gasteiger partial charge is 0.142 e. The molecule has 0 fully saturated rings. The van der Waals surface area contributed by atoms with Gasteiger partial charge in [-0.15, -0.1) is 11.6 Å². The summed E-state index contributed by atoms with van der Waals surface area (Å²) in [4.78, 5) is 0. The first kappa shape index (κ1) is 13.8. The Morgan fingerprint density at radius 1 is 1.31 bits per heavy atom. The van der Waals surface area contributed by atoms with E-state index in [9.17, 15) is 4.39 Å². The van der Waals surface area contributed by atoms with Crippen molar-refractivity contribution in [1.82, 2.24) is 0 Å². The van der Waals surface area contributed by atoms with E-state index < -0.39 is 0 Å². The average Bonchev–Trinajstić information content (AvgIpc) is 2.24. The van der Waals surface area contributed by atoms with Gasteiger partial charge in [0, 0.05) is 5.38 Å². The highest BCUT2D eigenvalue weighted by Gasteiger charge is 2.10. The van der Waals surface area contributed by atoms with Crippen molar-refractivity contribution in [3.8, 4) is 0 Å². The topological polar surface area (TPSA) is 0 Å². The Bertz CT molecular complexity index is 337. The summed E-state index contributed by atoms with van der Waals surface area (Å²) in [5.41, 5.74) is 0.870. The van der Waals surface area contributed by atoms with Gasteiger partial charge in [-0.1, -0.05) is 37.6 Å². The highest BCUT2D eigenvalue weighted by atomic mass is 35.5. The number of hydrogen-bond donors (Lipinski definition) is 0. The summed E-state index contributed by atoms with van der Waals surface area (Å²) in [6, 6.07) is 4.94. The number of alkyl halides is 1. The SMILES string of the molecule is CC(C)C(Cl)CCCc1cccc(F)c1Cl. The lowest BCUT2D eigenvalue weighted by Crippen LogP contribution is -2.07. The highest BCUT2D eigenvalue weighted by molar-refractivity contribution is 6.31. The normalized spacial score (nSPS) is 13.1. The first-order chi connectivity index (χ1) is 7.52. The zero-order valence-corrected chi connectivity index (χ0v) is 11.2. The molecule has 1 rings (SSSR count). The third-order valence-electron chi connectivity index (χ3n) is 2.68. The molecule has 0 saturated heterocycles. The number of hydrogen-bond acceptors (Lipinski definition) is 0. The van der Waals surface area contributed by atoms with Crippen LogP contribution in [0.2, 0.25) is 5.02 Å². The Hall–Kier alpha value is -0.270. The molecule has 0 spiro atoms.